The summed E-state index contributed by atoms with van der Waals surface area (Å²) < 4.78 is 0. The third-order valence-corrected chi connectivity index (χ3v) is 3.63. The number of aryl methyl sites for hydroxylation is 2. The third kappa shape index (κ3) is 5.31. The van der Waals surface area contributed by atoms with Gasteiger partial charge in [-0.3, -0.25) is 4.79 Å². The van der Waals surface area contributed by atoms with Crippen LogP contribution < -0.4 is 10.6 Å². The van der Waals surface area contributed by atoms with Gasteiger partial charge >= 0.3 is 0 Å². The van der Waals surface area contributed by atoms with Crippen LogP contribution in [0.2, 0.25) is 0 Å². The van der Waals surface area contributed by atoms with Crippen LogP contribution in [0.15, 0.2) is 30.3 Å². The summed E-state index contributed by atoms with van der Waals surface area (Å²) in [4.78, 5) is 23.1. The Bertz CT molecular complexity index is 700. The van der Waals surface area contributed by atoms with Gasteiger partial charge in [0.05, 0.1) is 0 Å². The number of carbonyl (C=O) groups is 1. The smallest absolute Gasteiger partial charge is 0.270 e. The van der Waals surface area contributed by atoms with Crippen LogP contribution in [-0.2, 0) is 6.54 Å². The Balaban J connectivity index is 2.00. The molecular weight excluding hydrogens is 302 g/mol. The molecule has 0 radical (unpaired) electrons. The van der Waals surface area contributed by atoms with Crippen molar-refractivity contribution in [1.82, 2.24) is 20.2 Å². The number of anilines is 1. The predicted molar refractivity (Wildman–Crippen MR) is 96.2 cm³/mol. The van der Waals surface area contributed by atoms with Crippen molar-refractivity contribution in [3.8, 4) is 0 Å². The Morgan fingerprint density at radius 3 is 2.62 bits per heavy atom. The Morgan fingerprint density at radius 2 is 1.92 bits per heavy atom. The van der Waals surface area contributed by atoms with Crippen molar-refractivity contribution in [3.63, 3.8) is 0 Å². The highest BCUT2D eigenvalue weighted by Gasteiger charge is 2.11. The van der Waals surface area contributed by atoms with Crippen molar-refractivity contribution >= 4 is 11.9 Å². The van der Waals surface area contributed by atoms with E-state index < -0.39 is 0 Å². The molecule has 128 valence electrons. The van der Waals surface area contributed by atoms with E-state index in [0.717, 1.165) is 29.9 Å². The summed E-state index contributed by atoms with van der Waals surface area (Å²) in [5.41, 5.74) is 3.39. The average Bonchev–Trinajstić information content (AvgIpc) is 2.53. The molecule has 1 aromatic heterocycles. The minimum absolute atomic E-state index is 0.195. The fraction of sp³-hybridized carbons (Fsp3) is 0.389. The van der Waals surface area contributed by atoms with Crippen LogP contribution in [0.3, 0.4) is 0 Å². The lowest BCUT2D eigenvalue weighted by Crippen LogP contribution is -2.26. The van der Waals surface area contributed by atoms with E-state index in [1.54, 1.807) is 6.07 Å². The second-order valence-corrected chi connectivity index (χ2v) is 6.06. The highest BCUT2D eigenvalue weighted by atomic mass is 16.1. The number of aromatic nitrogens is 2. The number of hydrogen-bond acceptors (Lipinski definition) is 5. The van der Waals surface area contributed by atoms with Crippen molar-refractivity contribution < 1.29 is 4.79 Å². The highest BCUT2D eigenvalue weighted by Crippen LogP contribution is 2.08. The molecule has 0 spiro atoms. The fourth-order valence-corrected chi connectivity index (χ4v) is 2.23. The maximum absolute atomic E-state index is 12.4. The van der Waals surface area contributed by atoms with Crippen molar-refractivity contribution in [2.75, 3.05) is 32.5 Å². The Labute approximate surface area is 143 Å². The lowest BCUT2D eigenvalue weighted by molar-refractivity contribution is 0.0945. The number of carbonyl (C=O) groups excluding carboxylic acids is 1. The quantitative estimate of drug-likeness (QED) is 0.814. The molecule has 0 saturated carbocycles. The van der Waals surface area contributed by atoms with Gasteiger partial charge in [-0.1, -0.05) is 24.3 Å². The zero-order valence-corrected chi connectivity index (χ0v) is 14.8. The van der Waals surface area contributed by atoms with Crippen molar-refractivity contribution in [2.24, 2.45) is 0 Å². The summed E-state index contributed by atoms with van der Waals surface area (Å²) in [7, 11) is 4.01. The SMILES string of the molecule is Cc1cc(C(=O)NCc2ccccc2C)nc(NCCN(C)C)n1. The number of likely N-dealkylation sites (N-methyl/N-ethyl adjacent to an activating group) is 1. The number of benzene rings is 1. The molecule has 0 fully saturated rings. The van der Waals surface area contributed by atoms with Crippen LogP contribution in [0.4, 0.5) is 5.95 Å². The van der Waals surface area contributed by atoms with Gasteiger partial charge in [-0.2, -0.15) is 0 Å². The molecule has 0 aliphatic rings. The fourth-order valence-electron chi connectivity index (χ4n) is 2.23. The Morgan fingerprint density at radius 1 is 1.17 bits per heavy atom. The molecule has 0 atom stereocenters. The number of amides is 1. The third-order valence-electron chi connectivity index (χ3n) is 3.63. The zero-order chi connectivity index (χ0) is 17.5. The predicted octanol–water partition coefficient (Wildman–Crippen LogP) is 2.00. The normalized spacial score (nSPS) is 10.7. The van der Waals surface area contributed by atoms with Gasteiger partial charge in [0.1, 0.15) is 5.69 Å². The van der Waals surface area contributed by atoms with Crippen LogP contribution in [0.1, 0.15) is 27.3 Å². The van der Waals surface area contributed by atoms with Crippen LogP contribution in [-0.4, -0.2) is 48.0 Å². The molecule has 1 heterocycles. The van der Waals surface area contributed by atoms with E-state index in [1.165, 1.54) is 0 Å². The first kappa shape index (κ1) is 17.9. The number of nitrogens with zero attached hydrogens (tertiary/aromatic N) is 3. The van der Waals surface area contributed by atoms with Crippen LogP contribution in [0, 0.1) is 13.8 Å². The monoisotopic (exact) mass is 327 g/mol. The Hall–Kier alpha value is -2.47. The lowest BCUT2D eigenvalue weighted by Gasteiger charge is -2.12. The number of nitrogens with one attached hydrogen (secondary N) is 2. The molecule has 2 rings (SSSR count). The molecule has 1 aromatic carbocycles. The van der Waals surface area contributed by atoms with Crippen molar-refractivity contribution in [3.05, 3.63) is 52.8 Å². The van der Waals surface area contributed by atoms with E-state index in [-0.39, 0.29) is 5.91 Å². The van der Waals surface area contributed by atoms with Gasteiger partial charge in [0, 0.05) is 25.3 Å². The van der Waals surface area contributed by atoms with Crippen LogP contribution >= 0.6 is 0 Å². The largest absolute Gasteiger partial charge is 0.353 e. The van der Waals surface area contributed by atoms with Gasteiger partial charge in [-0.25, -0.2) is 9.97 Å². The van der Waals surface area contributed by atoms with Crippen molar-refractivity contribution in [1.29, 1.82) is 0 Å². The number of hydrogen-bond donors (Lipinski definition) is 2. The van der Waals surface area contributed by atoms with Gasteiger partial charge < -0.3 is 15.5 Å². The molecule has 6 heteroatoms. The summed E-state index contributed by atoms with van der Waals surface area (Å²) in [5, 5.41) is 6.07. The molecule has 0 bridgehead atoms. The van der Waals surface area contributed by atoms with E-state index in [2.05, 4.69) is 25.5 Å². The van der Waals surface area contributed by atoms with E-state index in [0.29, 0.717) is 18.2 Å². The van der Waals surface area contributed by atoms with Gasteiger partial charge in [-0.05, 0) is 45.1 Å². The average molecular weight is 327 g/mol. The zero-order valence-electron chi connectivity index (χ0n) is 14.8. The lowest BCUT2D eigenvalue weighted by atomic mass is 10.1. The standard InChI is InChI=1S/C18H25N5O/c1-13-7-5-6-8-15(13)12-20-17(24)16-11-14(2)21-18(22-16)19-9-10-23(3)4/h5-8,11H,9-10,12H2,1-4H3,(H,20,24)(H,19,21,22). The van der Waals surface area contributed by atoms with Gasteiger partial charge in [0.25, 0.3) is 5.91 Å². The summed E-state index contributed by atoms with van der Waals surface area (Å²) in [6, 6.07) is 9.69. The summed E-state index contributed by atoms with van der Waals surface area (Å²) >= 11 is 0. The summed E-state index contributed by atoms with van der Waals surface area (Å²) in [5.74, 6) is 0.289. The summed E-state index contributed by atoms with van der Waals surface area (Å²) in [6.45, 7) is 5.96. The molecular formula is C18H25N5O. The molecule has 0 unspecified atom stereocenters. The molecule has 2 aromatic rings. The number of rotatable bonds is 7. The maximum Gasteiger partial charge on any atom is 0.270 e. The van der Waals surface area contributed by atoms with Gasteiger partial charge in [0.2, 0.25) is 5.95 Å². The molecule has 6 nitrogen and oxygen atoms in total. The minimum atomic E-state index is -0.195. The molecule has 0 saturated heterocycles. The van der Waals surface area contributed by atoms with Gasteiger partial charge in [-0.15, -0.1) is 0 Å². The summed E-state index contributed by atoms with van der Waals surface area (Å²) in [6.07, 6.45) is 0. The molecule has 2 N–H and O–H groups in total. The van der Waals surface area contributed by atoms with Gasteiger partial charge in [0.15, 0.2) is 0 Å². The van der Waals surface area contributed by atoms with E-state index in [4.69, 9.17) is 0 Å². The topological polar surface area (TPSA) is 70.2 Å². The molecule has 0 aliphatic carbocycles. The second kappa shape index (κ2) is 8.40. The highest BCUT2D eigenvalue weighted by molar-refractivity contribution is 5.92. The van der Waals surface area contributed by atoms with Crippen LogP contribution in [0.25, 0.3) is 0 Å². The first-order chi connectivity index (χ1) is 11.5. The van der Waals surface area contributed by atoms with E-state index >= 15 is 0 Å². The second-order valence-electron chi connectivity index (χ2n) is 6.06. The Kier molecular flexibility index (Phi) is 6.26. The minimum Gasteiger partial charge on any atom is -0.353 e. The van der Waals surface area contributed by atoms with E-state index in [9.17, 15) is 4.79 Å². The van der Waals surface area contributed by atoms with Crippen molar-refractivity contribution in [2.45, 2.75) is 20.4 Å². The first-order valence-electron chi connectivity index (χ1n) is 8.02. The van der Waals surface area contributed by atoms with E-state index in [1.807, 2.05) is 52.2 Å². The van der Waals surface area contributed by atoms with Crippen LogP contribution in [0.5, 0.6) is 0 Å². The molecule has 24 heavy (non-hydrogen) atoms. The first-order valence-corrected chi connectivity index (χ1v) is 8.02. The molecule has 0 aliphatic heterocycles. The molecule has 1 amide bonds. The maximum atomic E-state index is 12.4.